The van der Waals surface area contributed by atoms with Crippen molar-refractivity contribution in [3.63, 3.8) is 0 Å². The van der Waals surface area contributed by atoms with Crippen LogP contribution in [-0.2, 0) is 11.2 Å². The molecule has 7 heteroatoms. The first kappa shape index (κ1) is 19.9. The zero-order valence-electron chi connectivity index (χ0n) is 14.0. The lowest BCUT2D eigenvalue weighted by Crippen LogP contribution is -2.34. The number of carbonyl (C=O) groups excluding carboxylic acids is 1. The number of hydrogen-bond acceptors (Lipinski definition) is 4. The van der Waals surface area contributed by atoms with Crippen molar-refractivity contribution in [1.29, 1.82) is 0 Å². The normalized spacial score (nSPS) is 12.8. The molecule has 4 N–H and O–H groups in total. The Balaban J connectivity index is 0.00000288. The number of rotatable bonds is 5. The van der Waals surface area contributed by atoms with Crippen molar-refractivity contribution in [2.75, 3.05) is 5.32 Å². The minimum absolute atomic E-state index is 0. The standard InChI is InChI=1S/C17H22N4O2.ClH/c1-4-13-9-15(22)21-16(19-13)12-6-5-7-14(8-12)20-17(23)10(2)11(3)18;/h5-11H,4,18H2,1-3H3,(H,20,23)(H,19,21,22);1H. The van der Waals surface area contributed by atoms with Crippen molar-refractivity contribution in [2.45, 2.75) is 33.2 Å². The van der Waals surface area contributed by atoms with Crippen LogP contribution in [0.2, 0.25) is 0 Å². The smallest absolute Gasteiger partial charge is 0.251 e. The molecule has 0 bridgehead atoms. The summed E-state index contributed by atoms with van der Waals surface area (Å²) >= 11 is 0. The molecule has 6 nitrogen and oxygen atoms in total. The molecule has 1 aromatic carbocycles. The van der Waals surface area contributed by atoms with E-state index in [0.717, 1.165) is 11.3 Å². The zero-order chi connectivity index (χ0) is 17.0. The van der Waals surface area contributed by atoms with Gasteiger partial charge in [0.2, 0.25) is 5.91 Å². The highest BCUT2D eigenvalue weighted by molar-refractivity contribution is 5.93. The average Bonchev–Trinajstić information content (AvgIpc) is 2.53. The number of benzene rings is 1. The van der Waals surface area contributed by atoms with Crippen molar-refractivity contribution < 1.29 is 4.79 Å². The van der Waals surface area contributed by atoms with Crippen molar-refractivity contribution in [1.82, 2.24) is 9.97 Å². The summed E-state index contributed by atoms with van der Waals surface area (Å²) in [6, 6.07) is 8.47. The van der Waals surface area contributed by atoms with E-state index in [2.05, 4.69) is 15.3 Å². The Morgan fingerprint density at radius 1 is 1.33 bits per heavy atom. The van der Waals surface area contributed by atoms with E-state index < -0.39 is 0 Å². The number of carbonyl (C=O) groups is 1. The molecule has 2 atom stereocenters. The van der Waals surface area contributed by atoms with Crippen LogP contribution < -0.4 is 16.6 Å². The predicted molar refractivity (Wildman–Crippen MR) is 98.4 cm³/mol. The number of aryl methyl sites for hydroxylation is 1. The number of aromatic amines is 1. The summed E-state index contributed by atoms with van der Waals surface area (Å²) in [7, 11) is 0. The van der Waals surface area contributed by atoms with Gasteiger partial charge in [-0.05, 0) is 25.5 Å². The number of H-pyrrole nitrogens is 1. The number of halogens is 1. The van der Waals surface area contributed by atoms with Gasteiger partial charge >= 0.3 is 0 Å². The monoisotopic (exact) mass is 350 g/mol. The number of hydrogen-bond donors (Lipinski definition) is 3. The molecule has 1 aromatic heterocycles. The molecule has 0 aliphatic rings. The second kappa shape index (κ2) is 8.61. The molecule has 2 aromatic rings. The summed E-state index contributed by atoms with van der Waals surface area (Å²) in [5.41, 5.74) is 7.67. The highest BCUT2D eigenvalue weighted by atomic mass is 35.5. The first-order chi connectivity index (χ1) is 10.9. The molecule has 2 unspecified atom stereocenters. The third kappa shape index (κ3) is 4.91. The summed E-state index contributed by atoms with van der Waals surface area (Å²) in [6.07, 6.45) is 0.680. The summed E-state index contributed by atoms with van der Waals surface area (Å²) < 4.78 is 0. The third-order valence-corrected chi connectivity index (χ3v) is 3.76. The van der Waals surface area contributed by atoms with E-state index in [1.807, 2.05) is 13.0 Å². The Bertz CT molecular complexity index is 758. The SMILES string of the molecule is CCc1cc(=O)[nH]c(-c2cccc(NC(=O)C(C)C(C)N)c2)n1.Cl. The van der Waals surface area contributed by atoms with Gasteiger partial charge in [-0.1, -0.05) is 26.0 Å². The summed E-state index contributed by atoms with van der Waals surface area (Å²) in [5, 5.41) is 2.84. The van der Waals surface area contributed by atoms with Crippen LogP contribution in [0, 0.1) is 5.92 Å². The molecular weight excluding hydrogens is 328 g/mol. The molecular formula is C17H23ClN4O2. The fraction of sp³-hybridized carbons (Fsp3) is 0.353. The maximum absolute atomic E-state index is 12.1. The number of anilines is 1. The van der Waals surface area contributed by atoms with E-state index in [-0.39, 0.29) is 35.8 Å². The first-order valence-electron chi connectivity index (χ1n) is 7.67. The van der Waals surface area contributed by atoms with Crippen LogP contribution in [0.1, 0.15) is 26.5 Å². The summed E-state index contributed by atoms with van der Waals surface area (Å²) in [4.78, 5) is 30.9. The molecule has 0 aliphatic carbocycles. The number of nitrogens with two attached hydrogens (primary N) is 1. The fourth-order valence-electron chi connectivity index (χ4n) is 2.06. The van der Waals surface area contributed by atoms with E-state index in [0.29, 0.717) is 17.9 Å². The van der Waals surface area contributed by atoms with E-state index in [9.17, 15) is 9.59 Å². The zero-order valence-corrected chi connectivity index (χ0v) is 14.8. The minimum Gasteiger partial charge on any atom is -0.327 e. The second-order valence-electron chi connectivity index (χ2n) is 5.66. The van der Waals surface area contributed by atoms with Gasteiger partial charge in [-0.3, -0.25) is 9.59 Å². The molecule has 0 fully saturated rings. The summed E-state index contributed by atoms with van der Waals surface area (Å²) in [6.45, 7) is 5.52. The lowest BCUT2D eigenvalue weighted by Gasteiger charge is -2.15. The van der Waals surface area contributed by atoms with Gasteiger partial charge < -0.3 is 16.0 Å². The number of nitrogens with one attached hydrogen (secondary N) is 2. The Labute approximate surface area is 147 Å². The lowest BCUT2D eigenvalue weighted by atomic mass is 10.0. The summed E-state index contributed by atoms with van der Waals surface area (Å²) in [5.74, 6) is 0.0617. The maximum Gasteiger partial charge on any atom is 0.251 e. The van der Waals surface area contributed by atoms with Crippen molar-refractivity contribution >= 4 is 24.0 Å². The molecule has 0 aliphatic heterocycles. The Hall–Kier alpha value is -2.18. The Morgan fingerprint density at radius 3 is 2.67 bits per heavy atom. The van der Waals surface area contributed by atoms with Crippen LogP contribution in [0.5, 0.6) is 0 Å². The maximum atomic E-state index is 12.1. The van der Waals surface area contributed by atoms with E-state index >= 15 is 0 Å². The Kier molecular flexibility index (Phi) is 7.13. The van der Waals surface area contributed by atoms with Crippen molar-refractivity contribution in [3.8, 4) is 11.4 Å². The van der Waals surface area contributed by atoms with Crippen LogP contribution in [0.25, 0.3) is 11.4 Å². The largest absolute Gasteiger partial charge is 0.327 e. The van der Waals surface area contributed by atoms with Gasteiger partial charge in [0.05, 0.1) is 5.92 Å². The molecule has 2 rings (SSSR count). The van der Waals surface area contributed by atoms with E-state index in [1.54, 1.807) is 32.0 Å². The number of amides is 1. The fourth-order valence-corrected chi connectivity index (χ4v) is 2.06. The van der Waals surface area contributed by atoms with Gasteiger partial charge in [-0.2, -0.15) is 0 Å². The van der Waals surface area contributed by atoms with Crippen LogP contribution in [0.3, 0.4) is 0 Å². The van der Waals surface area contributed by atoms with Crippen molar-refractivity contribution in [2.24, 2.45) is 11.7 Å². The van der Waals surface area contributed by atoms with E-state index in [1.165, 1.54) is 6.07 Å². The third-order valence-electron chi connectivity index (χ3n) is 3.76. The number of nitrogens with zero attached hydrogens (tertiary/aromatic N) is 1. The van der Waals surface area contributed by atoms with Crippen LogP contribution in [0.4, 0.5) is 5.69 Å². The van der Waals surface area contributed by atoms with Gasteiger partial charge in [0.25, 0.3) is 5.56 Å². The molecule has 1 heterocycles. The quantitative estimate of drug-likeness (QED) is 0.770. The molecule has 0 saturated carbocycles. The van der Waals surface area contributed by atoms with E-state index in [4.69, 9.17) is 5.73 Å². The molecule has 1 amide bonds. The van der Waals surface area contributed by atoms with Crippen molar-refractivity contribution in [3.05, 3.63) is 46.4 Å². The van der Waals surface area contributed by atoms with Gasteiger partial charge in [-0.15, -0.1) is 12.4 Å². The van der Waals surface area contributed by atoms with Gasteiger partial charge in [0, 0.05) is 29.1 Å². The average molecular weight is 351 g/mol. The van der Waals surface area contributed by atoms with Crippen LogP contribution >= 0.6 is 12.4 Å². The number of aromatic nitrogens is 2. The molecule has 24 heavy (non-hydrogen) atoms. The predicted octanol–water partition coefficient (Wildman–Crippen LogP) is 2.34. The topological polar surface area (TPSA) is 101 Å². The highest BCUT2D eigenvalue weighted by Gasteiger charge is 2.17. The highest BCUT2D eigenvalue weighted by Crippen LogP contribution is 2.19. The minimum atomic E-state index is -0.292. The van der Waals surface area contributed by atoms with Gasteiger partial charge in [-0.25, -0.2) is 4.98 Å². The van der Waals surface area contributed by atoms with Crippen LogP contribution in [0.15, 0.2) is 35.1 Å². The first-order valence-corrected chi connectivity index (χ1v) is 7.67. The Morgan fingerprint density at radius 2 is 2.04 bits per heavy atom. The second-order valence-corrected chi connectivity index (χ2v) is 5.66. The van der Waals surface area contributed by atoms with Gasteiger partial charge in [0.1, 0.15) is 5.82 Å². The molecule has 0 spiro atoms. The molecule has 0 radical (unpaired) electrons. The van der Waals surface area contributed by atoms with Gasteiger partial charge in [0.15, 0.2) is 0 Å². The lowest BCUT2D eigenvalue weighted by molar-refractivity contribution is -0.119. The molecule has 0 saturated heterocycles. The molecule has 130 valence electrons. The van der Waals surface area contributed by atoms with Crippen LogP contribution in [-0.4, -0.2) is 21.9 Å².